The van der Waals surface area contributed by atoms with Crippen molar-refractivity contribution >= 4 is 11.8 Å². The van der Waals surface area contributed by atoms with E-state index < -0.39 is 6.04 Å². The molecule has 0 aromatic heterocycles. The summed E-state index contributed by atoms with van der Waals surface area (Å²) in [6, 6.07) is 5.63. The second-order valence-electron chi connectivity index (χ2n) is 6.39. The molecule has 1 aromatic rings. The molecule has 4 heteroatoms. The summed E-state index contributed by atoms with van der Waals surface area (Å²) in [5, 5.41) is 3.39. The van der Waals surface area contributed by atoms with Crippen molar-refractivity contribution in [1.29, 1.82) is 0 Å². The summed E-state index contributed by atoms with van der Waals surface area (Å²) < 4.78 is 5.04. The van der Waals surface area contributed by atoms with E-state index in [4.69, 9.17) is 4.74 Å². The van der Waals surface area contributed by atoms with Crippen molar-refractivity contribution in [2.45, 2.75) is 65.0 Å². The summed E-state index contributed by atoms with van der Waals surface area (Å²) in [5.41, 5.74) is 2.78. The van der Waals surface area contributed by atoms with Gasteiger partial charge in [-0.15, -0.1) is 0 Å². The van der Waals surface area contributed by atoms with Crippen LogP contribution in [0.5, 0.6) is 0 Å². The fraction of sp³-hybridized carbons (Fsp3) is 0.579. The minimum Gasteiger partial charge on any atom is -0.466 e. The van der Waals surface area contributed by atoms with Gasteiger partial charge in [0.1, 0.15) is 0 Å². The molecule has 0 bridgehead atoms. The number of ether oxygens (including phenoxy) is 1. The quantitative estimate of drug-likeness (QED) is 0.619. The average Bonchev–Trinajstić information content (AvgIpc) is 2.99. The van der Waals surface area contributed by atoms with Crippen LogP contribution in [0.1, 0.15) is 60.5 Å². The predicted octanol–water partition coefficient (Wildman–Crippen LogP) is 3.34. The number of carbonyl (C=O) groups excluding carboxylic acids is 2. The Labute approximate surface area is 138 Å². The summed E-state index contributed by atoms with van der Waals surface area (Å²) in [7, 11) is 0. The molecule has 0 amide bonds. The van der Waals surface area contributed by atoms with Gasteiger partial charge >= 0.3 is 5.97 Å². The number of aryl methyl sites for hydroxylation is 2. The Balaban J connectivity index is 2.16. The Morgan fingerprint density at radius 1 is 1.26 bits per heavy atom. The SMILES string of the molecule is CCOC(=O)CC(NC1CCCC1)C(=O)c1ccc(C)cc1C. The van der Waals surface area contributed by atoms with Crippen molar-refractivity contribution in [2.24, 2.45) is 0 Å². The van der Waals surface area contributed by atoms with Crippen molar-refractivity contribution in [3.63, 3.8) is 0 Å². The third-order valence-corrected chi connectivity index (χ3v) is 4.43. The first-order valence-corrected chi connectivity index (χ1v) is 8.54. The lowest BCUT2D eigenvalue weighted by atomic mass is 9.95. The van der Waals surface area contributed by atoms with Crippen LogP contribution in [0.15, 0.2) is 18.2 Å². The maximum absolute atomic E-state index is 12.9. The van der Waals surface area contributed by atoms with Crippen LogP contribution in [0.2, 0.25) is 0 Å². The normalized spacial score (nSPS) is 16.3. The molecule has 126 valence electrons. The smallest absolute Gasteiger partial charge is 0.307 e. The van der Waals surface area contributed by atoms with Crippen molar-refractivity contribution in [2.75, 3.05) is 6.61 Å². The summed E-state index contributed by atoms with van der Waals surface area (Å²) >= 11 is 0. The lowest BCUT2D eigenvalue weighted by Crippen LogP contribution is -2.44. The van der Waals surface area contributed by atoms with Gasteiger partial charge in [-0.05, 0) is 39.2 Å². The van der Waals surface area contributed by atoms with Crippen LogP contribution in [0.4, 0.5) is 0 Å². The van der Waals surface area contributed by atoms with E-state index in [1.165, 1.54) is 12.8 Å². The van der Waals surface area contributed by atoms with Gasteiger partial charge in [0, 0.05) is 11.6 Å². The van der Waals surface area contributed by atoms with Crippen LogP contribution in [-0.4, -0.2) is 30.4 Å². The van der Waals surface area contributed by atoms with Gasteiger partial charge < -0.3 is 10.1 Å². The maximum atomic E-state index is 12.9. The number of ketones is 1. The molecule has 0 spiro atoms. The van der Waals surface area contributed by atoms with Gasteiger partial charge in [-0.3, -0.25) is 9.59 Å². The number of Topliss-reactive ketones (excluding diaryl/α,β-unsaturated/α-hetero) is 1. The van der Waals surface area contributed by atoms with E-state index in [2.05, 4.69) is 5.32 Å². The average molecular weight is 317 g/mol. The van der Waals surface area contributed by atoms with E-state index >= 15 is 0 Å². The van der Waals surface area contributed by atoms with Gasteiger partial charge in [0.2, 0.25) is 0 Å². The first kappa shape index (κ1) is 17.7. The molecule has 1 aromatic carbocycles. The monoisotopic (exact) mass is 317 g/mol. The van der Waals surface area contributed by atoms with Gasteiger partial charge in [-0.1, -0.05) is 36.6 Å². The van der Waals surface area contributed by atoms with Crippen LogP contribution in [0.25, 0.3) is 0 Å². The Hall–Kier alpha value is -1.68. The van der Waals surface area contributed by atoms with Gasteiger partial charge in [-0.25, -0.2) is 0 Å². The summed E-state index contributed by atoms with van der Waals surface area (Å²) in [6.45, 7) is 6.07. The third kappa shape index (κ3) is 4.90. The number of carbonyl (C=O) groups is 2. The number of benzene rings is 1. The highest BCUT2D eigenvalue weighted by Gasteiger charge is 2.28. The Morgan fingerprint density at radius 3 is 2.57 bits per heavy atom. The van der Waals surface area contributed by atoms with Crippen molar-refractivity contribution in [3.05, 3.63) is 34.9 Å². The van der Waals surface area contributed by atoms with E-state index in [-0.39, 0.29) is 18.2 Å². The predicted molar refractivity (Wildman–Crippen MR) is 90.7 cm³/mol. The molecule has 0 heterocycles. The Morgan fingerprint density at radius 2 is 1.96 bits per heavy atom. The Bertz CT molecular complexity index is 562. The minimum absolute atomic E-state index is 0.0116. The Kier molecular flexibility index (Phi) is 6.34. The van der Waals surface area contributed by atoms with E-state index in [1.807, 2.05) is 32.0 Å². The highest BCUT2D eigenvalue weighted by molar-refractivity contribution is 6.03. The minimum atomic E-state index is -0.501. The van der Waals surface area contributed by atoms with Crippen LogP contribution in [0, 0.1) is 13.8 Å². The fourth-order valence-corrected chi connectivity index (χ4v) is 3.27. The van der Waals surface area contributed by atoms with Crippen molar-refractivity contribution in [1.82, 2.24) is 5.32 Å². The van der Waals surface area contributed by atoms with Gasteiger partial charge in [0.25, 0.3) is 0 Å². The van der Waals surface area contributed by atoms with E-state index in [0.717, 1.165) is 24.0 Å². The topological polar surface area (TPSA) is 55.4 Å². The molecule has 1 saturated carbocycles. The third-order valence-electron chi connectivity index (χ3n) is 4.43. The van der Waals surface area contributed by atoms with Crippen LogP contribution >= 0.6 is 0 Å². The molecule has 0 saturated heterocycles. The van der Waals surface area contributed by atoms with E-state index in [1.54, 1.807) is 6.92 Å². The molecular formula is C19H27NO3. The zero-order valence-corrected chi connectivity index (χ0v) is 14.4. The molecule has 1 atom stereocenters. The second kappa shape index (κ2) is 8.25. The highest BCUT2D eigenvalue weighted by Crippen LogP contribution is 2.21. The molecule has 1 N–H and O–H groups in total. The number of hydrogen-bond donors (Lipinski definition) is 1. The van der Waals surface area contributed by atoms with Crippen molar-refractivity contribution in [3.8, 4) is 0 Å². The van der Waals surface area contributed by atoms with Crippen LogP contribution in [-0.2, 0) is 9.53 Å². The zero-order valence-electron chi connectivity index (χ0n) is 14.4. The number of esters is 1. The molecule has 1 unspecified atom stereocenters. The van der Waals surface area contributed by atoms with Gasteiger partial charge in [-0.2, -0.15) is 0 Å². The molecular weight excluding hydrogens is 290 g/mol. The first-order valence-electron chi connectivity index (χ1n) is 8.54. The summed E-state index contributed by atoms with van der Waals surface area (Å²) in [4.78, 5) is 24.8. The van der Waals surface area contributed by atoms with Crippen LogP contribution < -0.4 is 5.32 Å². The number of hydrogen-bond acceptors (Lipinski definition) is 4. The lowest BCUT2D eigenvalue weighted by Gasteiger charge is -2.22. The molecule has 1 aliphatic rings. The molecule has 4 nitrogen and oxygen atoms in total. The maximum Gasteiger partial charge on any atom is 0.307 e. The highest BCUT2D eigenvalue weighted by atomic mass is 16.5. The van der Waals surface area contributed by atoms with Crippen LogP contribution in [0.3, 0.4) is 0 Å². The second-order valence-corrected chi connectivity index (χ2v) is 6.39. The number of rotatable bonds is 7. The molecule has 2 rings (SSSR count). The largest absolute Gasteiger partial charge is 0.466 e. The van der Waals surface area contributed by atoms with Gasteiger partial charge in [0.15, 0.2) is 5.78 Å². The van der Waals surface area contributed by atoms with E-state index in [0.29, 0.717) is 18.2 Å². The van der Waals surface area contributed by atoms with Gasteiger partial charge in [0.05, 0.1) is 19.1 Å². The fourth-order valence-electron chi connectivity index (χ4n) is 3.27. The molecule has 1 aliphatic carbocycles. The summed E-state index contributed by atoms with van der Waals surface area (Å²) in [6.07, 6.45) is 4.60. The molecule has 23 heavy (non-hydrogen) atoms. The lowest BCUT2D eigenvalue weighted by molar-refractivity contribution is -0.143. The van der Waals surface area contributed by atoms with E-state index in [9.17, 15) is 9.59 Å². The standard InChI is InChI=1S/C19H27NO3/c1-4-23-18(21)12-17(20-15-7-5-6-8-15)19(22)16-10-9-13(2)11-14(16)3/h9-11,15,17,20H,4-8,12H2,1-3H3. The first-order chi connectivity index (χ1) is 11.0. The zero-order chi connectivity index (χ0) is 16.8. The molecule has 1 fully saturated rings. The molecule has 0 radical (unpaired) electrons. The van der Waals surface area contributed by atoms with Crippen molar-refractivity contribution < 1.29 is 14.3 Å². The number of nitrogens with one attached hydrogen (secondary N) is 1. The summed E-state index contributed by atoms with van der Waals surface area (Å²) in [5.74, 6) is -0.330. The molecule has 0 aliphatic heterocycles.